The Morgan fingerprint density at radius 3 is 2.32 bits per heavy atom. The van der Waals surface area contributed by atoms with E-state index in [0.29, 0.717) is 6.07 Å². The zero-order chi connectivity index (χ0) is 16.7. The lowest BCUT2D eigenvalue weighted by atomic mass is 10.2. The fourth-order valence-electron chi connectivity index (χ4n) is 2.10. The fourth-order valence-corrected chi connectivity index (χ4v) is 3.12. The van der Waals surface area contributed by atoms with Gasteiger partial charge in [0.05, 0.1) is 15.9 Å². The van der Waals surface area contributed by atoms with Gasteiger partial charge in [-0.15, -0.1) is 0 Å². The number of carbonyl (C=O) groups is 1. The first-order valence-corrected chi connectivity index (χ1v) is 8.15. The van der Waals surface area contributed by atoms with Crippen LogP contribution in [0.5, 0.6) is 0 Å². The number of benzene rings is 1. The summed E-state index contributed by atoms with van der Waals surface area (Å²) in [7, 11) is 1.20. The van der Waals surface area contributed by atoms with Crippen molar-refractivity contribution >= 4 is 42.7 Å². The Morgan fingerprint density at radius 1 is 1.23 bits per heavy atom. The number of amides is 1. The maximum absolute atomic E-state index is 11.9. The van der Waals surface area contributed by atoms with Gasteiger partial charge < -0.3 is 4.90 Å². The molecule has 0 bridgehead atoms. The Kier molecular flexibility index (Phi) is 4.02. The number of carbonyl (C=O) groups excluding carboxylic acids is 1. The van der Waals surface area contributed by atoms with Crippen LogP contribution in [-0.4, -0.2) is 36.0 Å². The maximum atomic E-state index is 11.9. The Labute approximate surface area is 128 Å². The molecule has 0 radical (unpaired) electrons. The molecule has 1 heterocycles. The molecule has 1 atom stereocenters. The standard InChI is InChI=1S/C10H8ClN3O7S/c11-22(20,21)7-4-10(15)12(5-7)8-2-1-6(13(16)17)3-9(8)14(18)19/h1-3,7H,4-5H2. The number of nitrogens with zero attached hydrogens (tertiary/aromatic N) is 3. The predicted octanol–water partition coefficient (Wildman–Crippen LogP) is 1.18. The van der Waals surface area contributed by atoms with Gasteiger partial charge in [-0.1, -0.05) is 0 Å². The van der Waals surface area contributed by atoms with E-state index in [1.807, 2.05) is 0 Å². The number of hydrogen-bond acceptors (Lipinski definition) is 7. The van der Waals surface area contributed by atoms with Crippen molar-refractivity contribution in [3.63, 3.8) is 0 Å². The number of nitro benzene ring substituents is 2. The lowest BCUT2D eigenvalue weighted by molar-refractivity contribution is -0.393. The number of anilines is 1. The van der Waals surface area contributed by atoms with Gasteiger partial charge in [0.15, 0.2) is 0 Å². The van der Waals surface area contributed by atoms with E-state index < -0.39 is 47.9 Å². The SMILES string of the molecule is O=C1CC(S(=O)(=O)Cl)CN1c1ccc([N+](=O)[O-])cc1[N+](=O)[O-]. The van der Waals surface area contributed by atoms with Gasteiger partial charge in [0.1, 0.15) is 10.9 Å². The van der Waals surface area contributed by atoms with Crippen LogP contribution in [0.4, 0.5) is 17.1 Å². The van der Waals surface area contributed by atoms with Crippen molar-refractivity contribution in [2.24, 2.45) is 0 Å². The van der Waals surface area contributed by atoms with Gasteiger partial charge in [0, 0.05) is 29.7 Å². The van der Waals surface area contributed by atoms with Gasteiger partial charge in [0.2, 0.25) is 15.0 Å². The molecule has 0 aromatic heterocycles. The molecule has 1 aliphatic heterocycles. The van der Waals surface area contributed by atoms with E-state index in [2.05, 4.69) is 0 Å². The van der Waals surface area contributed by atoms with Gasteiger partial charge in [-0.05, 0) is 6.07 Å². The van der Waals surface area contributed by atoms with Crippen LogP contribution in [-0.2, 0) is 13.8 Å². The van der Waals surface area contributed by atoms with Crippen LogP contribution in [0.3, 0.4) is 0 Å². The summed E-state index contributed by atoms with van der Waals surface area (Å²) in [5.41, 5.74) is -1.37. The summed E-state index contributed by atoms with van der Waals surface area (Å²) in [6.07, 6.45) is -0.403. The monoisotopic (exact) mass is 349 g/mol. The Bertz CT molecular complexity index is 779. The molecule has 22 heavy (non-hydrogen) atoms. The Morgan fingerprint density at radius 2 is 1.86 bits per heavy atom. The average molecular weight is 350 g/mol. The van der Waals surface area contributed by atoms with Crippen LogP contribution in [0.25, 0.3) is 0 Å². The van der Waals surface area contributed by atoms with Crippen molar-refractivity contribution in [1.29, 1.82) is 0 Å². The van der Waals surface area contributed by atoms with Gasteiger partial charge in [-0.25, -0.2) is 8.42 Å². The van der Waals surface area contributed by atoms with E-state index in [0.717, 1.165) is 17.0 Å². The summed E-state index contributed by atoms with van der Waals surface area (Å²) < 4.78 is 22.6. The highest BCUT2D eigenvalue weighted by Gasteiger charge is 2.40. The minimum absolute atomic E-state index is 0.205. The zero-order valence-corrected chi connectivity index (χ0v) is 12.3. The zero-order valence-electron chi connectivity index (χ0n) is 10.7. The summed E-state index contributed by atoms with van der Waals surface area (Å²) >= 11 is 0. The molecule has 2 rings (SSSR count). The molecule has 1 unspecified atom stereocenters. The highest BCUT2D eigenvalue weighted by Crippen LogP contribution is 2.35. The van der Waals surface area contributed by atoms with Crippen LogP contribution < -0.4 is 4.90 Å². The molecule has 10 nitrogen and oxygen atoms in total. The van der Waals surface area contributed by atoms with E-state index >= 15 is 0 Å². The molecule has 0 N–H and O–H groups in total. The van der Waals surface area contributed by atoms with Crippen LogP contribution in [0.2, 0.25) is 0 Å². The molecule has 0 spiro atoms. The van der Waals surface area contributed by atoms with Crippen molar-refractivity contribution in [3.8, 4) is 0 Å². The topological polar surface area (TPSA) is 141 Å². The highest BCUT2D eigenvalue weighted by molar-refractivity contribution is 8.14. The summed E-state index contributed by atoms with van der Waals surface area (Å²) in [6.45, 7) is -0.344. The van der Waals surface area contributed by atoms with Gasteiger partial charge >= 0.3 is 0 Å². The molecule has 1 saturated heterocycles. The van der Waals surface area contributed by atoms with Crippen LogP contribution in [0.1, 0.15) is 6.42 Å². The molecule has 1 amide bonds. The first kappa shape index (κ1) is 16.1. The Hall–Kier alpha value is -2.27. The van der Waals surface area contributed by atoms with Crippen LogP contribution in [0.15, 0.2) is 18.2 Å². The summed E-state index contributed by atoms with van der Waals surface area (Å²) in [5.74, 6) is -0.661. The lowest BCUT2D eigenvalue weighted by Gasteiger charge is -2.15. The number of rotatable bonds is 4. The van der Waals surface area contributed by atoms with Crippen LogP contribution in [0, 0.1) is 20.2 Å². The molecule has 0 saturated carbocycles. The smallest absolute Gasteiger partial charge is 0.299 e. The molecule has 118 valence electrons. The van der Waals surface area contributed by atoms with Crippen molar-refractivity contribution in [1.82, 2.24) is 0 Å². The second-order valence-corrected chi connectivity index (χ2v) is 7.40. The van der Waals surface area contributed by atoms with Crippen molar-refractivity contribution in [2.75, 3.05) is 11.4 Å². The normalized spacial score (nSPS) is 18.5. The molecule has 1 fully saturated rings. The second-order valence-electron chi connectivity index (χ2n) is 4.49. The van der Waals surface area contributed by atoms with Crippen molar-refractivity contribution in [2.45, 2.75) is 11.7 Å². The molecule has 1 aliphatic rings. The summed E-state index contributed by atoms with van der Waals surface area (Å²) in [5, 5.41) is 20.5. The van der Waals surface area contributed by atoms with Crippen molar-refractivity contribution < 1.29 is 23.1 Å². The van der Waals surface area contributed by atoms with E-state index in [1.54, 1.807) is 0 Å². The average Bonchev–Trinajstić information content (AvgIpc) is 2.79. The second kappa shape index (κ2) is 5.50. The minimum Gasteiger partial charge on any atom is -0.305 e. The molecule has 1 aromatic rings. The fraction of sp³-hybridized carbons (Fsp3) is 0.300. The number of non-ortho nitro benzene ring substituents is 1. The minimum atomic E-state index is -4.00. The van der Waals surface area contributed by atoms with E-state index in [4.69, 9.17) is 10.7 Å². The highest BCUT2D eigenvalue weighted by atomic mass is 35.7. The quantitative estimate of drug-likeness (QED) is 0.451. The molecular weight excluding hydrogens is 342 g/mol. The van der Waals surface area contributed by atoms with Crippen LogP contribution >= 0.6 is 10.7 Å². The third-order valence-electron chi connectivity index (χ3n) is 3.15. The van der Waals surface area contributed by atoms with E-state index in [1.165, 1.54) is 0 Å². The third kappa shape index (κ3) is 2.99. The van der Waals surface area contributed by atoms with Gasteiger partial charge in [-0.3, -0.25) is 25.0 Å². The van der Waals surface area contributed by atoms with E-state index in [9.17, 15) is 33.4 Å². The van der Waals surface area contributed by atoms with Gasteiger partial charge in [0.25, 0.3) is 11.4 Å². The first-order chi connectivity index (χ1) is 10.1. The number of nitro groups is 2. The third-order valence-corrected chi connectivity index (χ3v) is 5.01. The number of halogens is 1. The number of hydrogen-bond donors (Lipinski definition) is 0. The predicted molar refractivity (Wildman–Crippen MR) is 75.3 cm³/mol. The summed E-state index contributed by atoms with van der Waals surface area (Å²) in [6, 6.07) is 2.75. The molecule has 12 heteroatoms. The molecule has 1 aromatic carbocycles. The van der Waals surface area contributed by atoms with Gasteiger partial charge in [-0.2, -0.15) is 0 Å². The Balaban J connectivity index is 2.47. The lowest BCUT2D eigenvalue weighted by Crippen LogP contribution is -2.27. The van der Waals surface area contributed by atoms with E-state index in [-0.39, 0.29) is 12.2 Å². The molecular formula is C10H8ClN3O7S. The largest absolute Gasteiger partial charge is 0.305 e. The maximum Gasteiger partial charge on any atom is 0.299 e. The summed E-state index contributed by atoms with van der Waals surface area (Å²) in [4.78, 5) is 32.8. The van der Waals surface area contributed by atoms with Crippen molar-refractivity contribution in [3.05, 3.63) is 38.4 Å². The molecule has 0 aliphatic carbocycles. The first-order valence-electron chi connectivity index (χ1n) is 5.78.